The molecule has 15 heteroatoms. The van der Waals surface area contributed by atoms with E-state index in [1.54, 1.807) is 18.4 Å². The van der Waals surface area contributed by atoms with Gasteiger partial charge < -0.3 is 55.6 Å². The first-order valence-corrected chi connectivity index (χ1v) is 12.6. The van der Waals surface area contributed by atoms with Crippen LogP contribution in [0.2, 0.25) is 0 Å². The van der Waals surface area contributed by atoms with E-state index >= 15 is 0 Å². The number of carboxylic acids is 1. The summed E-state index contributed by atoms with van der Waals surface area (Å²) in [7, 11) is 3.28. The van der Waals surface area contributed by atoms with Crippen molar-refractivity contribution in [1.82, 2.24) is 0 Å². The number of fused-ring (bicyclic) bond motifs is 1. The van der Waals surface area contributed by atoms with Crippen molar-refractivity contribution in [3.8, 4) is 11.5 Å². The summed E-state index contributed by atoms with van der Waals surface area (Å²) >= 11 is 0. The van der Waals surface area contributed by atoms with Crippen molar-refractivity contribution < 1.29 is 91.4 Å². The van der Waals surface area contributed by atoms with Crippen LogP contribution in [0.4, 0.5) is 5.69 Å². The molecule has 0 aromatic heterocycles. The number of carbonyl (C=O) groups excluding carboxylic acids is 1. The number of carboxylic acid groups (broad SMARTS) is 1. The van der Waals surface area contributed by atoms with E-state index in [-0.39, 0.29) is 60.2 Å². The van der Waals surface area contributed by atoms with Gasteiger partial charge in [-0.3, -0.25) is 4.99 Å². The van der Waals surface area contributed by atoms with E-state index in [1.165, 1.54) is 24.1 Å². The Balaban J connectivity index is -0.000000804. The van der Waals surface area contributed by atoms with E-state index in [0.717, 1.165) is 19.8 Å². The molecule has 1 unspecified atom stereocenters. The van der Waals surface area contributed by atoms with Crippen molar-refractivity contribution in [2.24, 2.45) is 4.99 Å². The van der Waals surface area contributed by atoms with Gasteiger partial charge in [-0.05, 0) is 35.8 Å². The second-order valence-corrected chi connectivity index (χ2v) is 8.06. The van der Waals surface area contributed by atoms with E-state index in [9.17, 15) is 24.9 Å². The van der Waals surface area contributed by atoms with Crippen LogP contribution in [0, 0.1) is 31.1 Å². The number of carbonyl (C=O) groups is 2. The number of dihydropyridines is 1. The normalized spacial score (nSPS) is 19.8. The zero-order chi connectivity index (χ0) is 30.8. The monoisotopic (exact) mass is 826 g/mol. The summed E-state index contributed by atoms with van der Waals surface area (Å²) in [6.07, 6.45) is 5.28. The maximum Gasteiger partial charge on any atom is 0.356 e. The Kier molecular flexibility index (Phi) is 25.1. The average Bonchev–Trinajstić information content (AvgIpc) is 3.32. The van der Waals surface area contributed by atoms with Crippen LogP contribution < -0.4 is 4.90 Å². The molecule has 0 amide bonds. The van der Waals surface area contributed by atoms with Gasteiger partial charge in [0.05, 0.1) is 32.5 Å². The zero-order valence-corrected chi connectivity index (χ0v) is 28.7. The molecule has 0 bridgehead atoms. The Morgan fingerprint density at radius 3 is 2.07 bits per heavy atom. The summed E-state index contributed by atoms with van der Waals surface area (Å²) in [5, 5.41) is 60.4. The molecule has 1 aromatic carbocycles. The maximum absolute atomic E-state index is 11.6. The Labute approximate surface area is 269 Å². The Bertz CT molecular complexity index is 1020. The van der Waals surface area contributed by atoms with Crippen LogP contribution in [0.3, 0.4) is 0 Å². The number of phenols is 2. The van der Waals surface area contributed by atoms with Crippen molar-refractivity contribution in [3.63, 3.8) is 0 Å². The molecule has 4 rings (SSSR count). The summed E-state index contributed by atoms with van der Waals surface area (Å²) in [5.41, 5.74) is 2.17. The minimum absolute atomic E-state index is 0. The number of nitrogens with zero attached hydrogens (tertiary/aromatic N) is 2. The average molecular weight is 827 g/mol. The van der Waals surface area contributed by atoms with Crippen molar-refractivity contribution in [3.05, 3.63) is 41.6 Å². The molecule has 238 valence electrons. The number of ether oxygens (including phenoxy) is 2. The number of allylic oxidation sites excluding steroid dienone is 1. The first kappa shape index (κ1) is 44.0. The minimum Gasteiger partial charge on any atom is -0.504 e. The fraction of sp³-hybridized carbons (Fsp3) is 0.519. The first-order chi connectivity index (χ1) is 19.2. The van der Waals surface area contributed by atoms with Crippen LogP contribution in [-0.4, -0.2) is 118 Å². The van der Waals surface area contributed by atoms with E-state index < -0.39 is 30.2 Å². The number of esters is 1. The van der Waals surface area contributed by atoms with Crippen LogP contribution >= 0.6 is 0 Å². The van der Waals surface area contributed by atoms with Crippen molar-refractivity contribution in [1.29, 1.82) is 0 Å². The second-order valence-electron chi connectivity index (χ2n) is 8.06. The summed E-state index contributed by atoms with van der Waals surface area (Å²) < 4.78 is 9.45. The minimum atomic E-state index is -1.01. The van der Waals surface area contributed by atoms with Gasteiger partial charge in [0.25, 0.3) is 0 Å². The van der Waals surface area contributed by atoms with Crippen molar-refractivity contribution in [2.45, 2.75) is 51.4 Å². The Morgan fingerprint density at radius 2 is 1.60 bits per heavy atom. The third kappa shape index (κ3) is 13.7. The molecule has 3 atom stereocenters. The number of rotatable bonds is 4. The van der Waals surface area contributed by atoms with Crippen LogP contribution in [0.15, 0.2) is 41.1 Å². The Hall–Kier alpha value is -2.48. The standard InChI is InChI=1S/C18H18N2O6.C5H10O3.C2H6.2CH4O.H2O.U/c1-26-18(25)12-6-10(2-4-19-12)3-5-20-13-9-16(22)15(21)8-11(13)7-14(20)17(23)24;6-4-1-5(7)3-8-2-4;3*1-2;;/h3,5-6,8-9,14,21-22H,2,4,7H2,1H3,(H,23,24);4-7H,1-3H2;1-2H3;2*2H,1H3;1H2;/b5-3+;;;;;;/t14-;4-,5?;;;;;/m01...../s1. The quantitative estimate of drug-likeness (QED) is 0.156. The number of methoxy groups -OCH3 is 1. The van der Waals surface area contributed by atoms with Crippen molar-refractivity contribution >= 4 is 23.3 Å². The number of aliphatic imine (C=N–C) groups is 1. The number of aliphatic carboxylic acids is 1. The molecule has 3 aliphatic heterocycles. The van der Waals surface area contributed by atoms with E-state index in [2.05, 4.69) is 9.73 Å². The number of aliphatic hydroxyl groups is 4. The zero-order valence-electron chi connectivity index (χ0n) is 24.5. The van der Waals surface area contributed by atoms with Gasteiger partial charge in [0.1, 0.15) is 11.8 Å². The fourth-order valence-electron chi connectivity index (χ4n) is 3.80. The molecular formula is C27H44N2O12U. The van der Waals surface area contributed by atoms with Gasteiger partial charge >= 0.3 is 11.9 Å². The van der Waals surface area contributed by atoms with E-state index in [1.807, 2.05) is 13.8 Å². The van der Waals surface area contributed by atoms with Gasteiger partial charge in [0.2, 0.25) is 0 Å². The molecule has 0 radical (unpaired) electrons. The molecule has 3 heterocycles. The third-order valence-electron chi connectivity index (χ3n) is 5.50. The van der Waals surface area contributed by atoms with Crippen molar-refractivity contribution in [2.75, 3.05) is 46.0 Å². The summed E-state index contributed by atoms with van der Waals surface area (Å²) in [4.78, 5) is 28.8. The topological polar surface area (TPSA) is 241 Å². The number of aliphatic hydroxyl groups excluding tert-OH is 4. The molecule has 1 saturated heterocycles. The first-order valence-electron chi connectivity index (χ1n) is 12.6. The largest absolute Gasteiger partial charge is 0.504 e. The van der Waals surface area contributed by atoms with Gasteiger partial charge in [0.15, 0.2) is 11.5 Å². The molecule has 0 aliphatic carbocycles. The van der Waals surface area contributed by atoms with Gasteiger partial charge in [-0.15, -0.1) is 0 Å². The predicted molar refractivity (Wildman–Crippen MR) is 152 cm³/mol. The van der Waals surface area contributed by atoms with Gasteiger partial charge in [-0.1, -0.05) is 13.8 Å². The Morgan fingerprint density at radius 1 is 1.05 bits per heavy atom. The van der Waals surface area contributed by atoms with Crippen LogP contribution in [0.5, 0.6) is 11.5 Å². The molecule has 0 spiro atoms. The number of hydrogen-bond acceptors (Lipinski definition) is 12. The predicted octanol–water partition coefficient (Wildman–Crippen LogP) is -0.0817. The summed E-state index contributed by atoms with van der Waals surface area (Å²) in [5.74, 6) is -2.14. The number of aromatic hydroxyl groups is 2. The molecule has 0 saturated carbocycles. The molecule has 9 N–H and O–H groups in total. The van der Waals surface area contributed by atoms with Gasteiger partial charge in [-0.25, -0.2) is 9.59 Å². The van der Waals surface area contributed by atoms with Crippen LogP contribution in [0.25, 0.3) is 0 Å². The van der Waals surface area contributed by atoms with Gasteiger partial charge in [0, 0.05) is 82.7 Å². The summed E-state index contributed by atoms with van der Waals surface area (Å²) in [6.45, 7) is 5.18. The summed E-state index contributed by atoms with van der Waals surface area (Å²) in [6, 6.07) is 1.87. The van der Waals surface area contributed by atoms with Crippen LogP contribution in [-0.2, 0) is 25.5 Å². The SMILES string of the molecule is CC.CO.CO.COC(=O)C1=NCCC(/C=C/N2c3cc(O)c(O)cc3C[C@H]2C(=O)O)=C1.O.OC1COC[C@H](O)C1.[U]. The fourth-order valence-corrected chi connectivity index (χ4v) is 3.80. The third-order valence-corrected chi connectivity index (χ3v) is 5.50. The number of anilines is 1. The van der Waals surface area contributed by atoms with Gasteiger partial charge in [-0.2, -0.15) is 0 Å². The number of hydrogen-bond donors (Lipinski definition) is 7. The molecule has 42 heavy (non-hydrogen) atoms. The number of benzene rings is 1. The molecule has 1 aromatic rings. The molecule has 3 aliphatic rings. The number of phenolic OH excluding ortho intramolecular Hbond substituents is 2. The molecule has 1 fully saturated rings. The second kappa shape index (κ2) is 24.0. The van der Waals surface area contributed by atoms with Crippen LogP contribution in [0.1, 0.15) is 32.3 Å². The molecule has 14 nitrogen and oxygen atoms in total. The van der Waals surface area contributed by atoms with E-state index in [0.29, 0.717) is 43.9 Å². The smallest absolute Gasteiger partial charge is 0.356 e. The molecular weight excluding hydrogens is 782 g/mol. The van der Waals surface area contributed by atoms with E-state index in [4.69, 9.17) is 25.2 Å². The maximum atomic E-state index is 11.6.